The Hall–Kier alpha value is -5.03. The molecule has 11 heteroatoms. The van der Waals surface area contributed by atoms with Gasteiger partial charge in [-0.3, -0.25) is 4.79 Å². The molecule has 0 aliphatic carbocycles. The molecule has 2 fully saturated rings. The second-order valence-corrected chi connectivity index (χ2v) is 13.3. The summed E-state index contributed by atoms with van der Waals surface area (Å²) in [4.78, 5) is 23.3. The third-order valence-electron chi connectivity index (χ3n) is 10.4. The normalized spacial score (nSPS) is 18.4. The molecule has 5 aromatic rings. The minimum atomic E-state index is -0.295. The number of amides is 1. The molecule has 0 radical (unpaired) electrons. The average Bonchev–Trinajstić information content (AvgIpc) is 3.91. The molecule has 10 nitrogen and oxygen atoms in total. The minimum Gasteiger partial charge on any atom is -0.493 e. The smallest absolute Gasteiger partial charge is 0.254 e. The van der Waals surface area contributed by atoms with Gasteiger partial charge in [0.2, 0.25) is 11.7 Å². The lowest BCUT2D eigenvalue weighted by molar-refractivity contribution is 0.0779. The van der Waals surface area contributed by atoms with E-state index in [4.69, 9.17) is 23.6 Å². The lowest BCUT2D eigenvalue weighted by Gasteiger charge is -2.36. The Morgan fingerprint density at radius 1 is 0.980 bits per heavy atom. The highest BCUT2D eigenvalue weighted by Gasteiger charge is 2.42. The number of hydrogen-bond donors (Lipinski definition) is 1. The molecule has 1 amide bonds. The number of nitrogens with one attached hydrogen (secondary N) is 1. The molecule has 1 N–H and O–H groups in total. The number of anilines is 1. The SMILES string of the molecule is COc1cc(C(=O)N2CCC(CCN3CCC(Nc4nc5ccccc5n4Cc4ccoc4)CC3)(c3ccc(F)cc3)C2)cc(OC)c1OC. The number of hydrogen-bond acceptors (Lipinski definition) is 8. The third kappa shape index (κ3) is 6.74. The van der Waals surface area contributed by atoms with Crippen LogP contribution in [0.15, 0.2) is 83.7 Å². The second-order valence-electron chi connectivity index (χ2n) is 13.3. The topological polar surface area (TPSA) is 94.2 Å². The number of furan rings is 1. The summed E-state index contributed by atoms with van der Waals surface area (Å²) in [5, 5.41) is 3.75. The number of rotatable bonds is 12. The lowest BCUT2D eigenvalue weighted by atomic mass is 9.76. The number of fused-ring (bicyclic) bond motifs is 1. The summed E-state index contributed by atoms with van der Waals surface area (Å²) < 4.78 is 38.1. The Labute approximate surface area is 291 Å². The molecule has 2 aliphatic heterocycles. The van der Waals surface area contributed by atoms with Gasteiger partial charge < -0.3 is 38.3 Å². The van der Waals surface area contributed by atoms with Crippen LogP contribution in [0.5, 0.6) is 17.2 Å². The fourth-order valence-corrected chi connectivity index (χ4v) is 7.59. The highest BCUT2D eigenvalue weighted by atomic mass is 19.1. The van der Waals surface area contributed by atoms with Crippen LogP contribution in [-0.4, -0.2) is 85.4 Å². The number of nitrogens with zero attached hydrogens (tertiary/aromatic N) is 4. The number of carbonyl (C=O) groups is 1. The van der Waals surface area contributed by atoms with Crippen molar-refractivity contribution >= 4 is 22.9 Å². The van der Waals surface area contributed by atoms with Crippen molar-refractivity contribution < 1.29 is 27.8 Å². The molecule has 0 bridgehead atoms. The molecule has 0 spiro atoms. The van der Waals surface area contributed by atoms with Gasteiger partial charge in [0.25, 0.3) is 5.91 Å². The number of likely N-dealkylation sites (tertiary alicyclic amines) is 2. The van der Waals surface area contributed by atoms with Crippen LogP contribution in [0.25, 0.3) is 11.0 Å². The van der Waals surface area contributed by atoms with E-state index in [0.29, 0.717) is 48.5 Å². The van der Waals surface area contributed by atoms with Crippen molar-refractivity contribution in [1.82, 2.24) is 19.4 Å². The predicted octanol–water partition coefficient (Wildman–Crippen LogP) is 6.59. The first kappa shape index (κ1) is 33.5. The van der Waals surface area contributed by atoms with Crippen molar-refractivity contribution in [2.24, 2.45) is 0 Å². The first-order chi connectivity index (χ1) is 24.4. The van der Waals surface area contributed by atoms with Gasteiger partial charge in [0.05, 0.1) is 51.4 Å². The molecule has 262 valence electrons. The number of piperidine rings is 1. The van der Waals surface area contributed by atoms with Gasteiger partial charge in [0.15, 0.2) is 11.5 Å². The molecular weight excluding hydrogens is 637 g/mol. The van der Waals surface area contributed by atoms with Gasteiger partial charge in [-0.2, -0.15) is 0 Å². The molecule has 2 saturated heterocycles. The van der Waals surface area contributed by atoms with Crippen LogP contribution >= 0.6 is 0 Å². The zero-order valence-corrected chi connectivity index (χ0v) is 28.9. The lowest BCUT2D eigenvalue weighted by Crippen LogP contribution is -2.42. The Balaban J connectivity index is 1.02. The summed E-state index contributed by atoms with van der Waals surface area (Å²) >= 11 is 0. The number of imidazole rings is 1. The van der Waals surface area contributed by atoms with Crippen molar-refractivity contribution in [3.63, 3.8) is 0 Å². The first-order valence-corrected chi connectivity index (χ1v) is 17.2. The zero-order chi connectivity index (χ0) is 34.7. The summed E-state index contributed by atoms with van der Waals surface area (Å²) in [6.07, 6.45) is 7.11. The second kappa shape index (κ2) is 14.4. The van der Waals surface area contributed by atoms with Gasteiger partial charge in [-0.1, -0.05) is 24.3 Å². The first-order valence-electron chi connectivity index (χ1n) is 17.2. The van der Waals surface area contributed by atoms with E-state index in [1.807, 2.05) is 41.3 Å². The fourth-order valence-electron chi connectivity index (χ4n) is 7.59. The molecule has 4 heterocycles. The highest BCUT2D eigenvalue weighted by molar-refractivity contribution is 5.96. The van der Waals surface area contributed by atoms with Gasteiger partial charge >= 0.3 is 0 Å². The standard InChI is InChI=1S/C39H44FN5O5/c1-47-34-22-28(23-35(48-2)36(34)49-3)37(46)44-20-16-39(26-44,29-8-10-30(40)11-9-29)15-19-43-17-12-31(13-18-43)41-38-42-32-6-4-5-7-33(32)45(38)24-27-14-21-50-25-27/h4-11,14,21-23,25,31H,12-13,15-20,24,26H2,1-3H3,(H,41,42). The van der Waals surface area contributed by atoms with Crippen LogP contribution < -0.4 is 19.5 Å². The molecule has 50 heavy (non-hydrogen) atoms. The van der Waals surface area contributed by atoms with Crippen LogP contribution in [-0.2, 0) is 12.0 Å². The van der Waals surface area contributed by atoms with Crippen molar-refractivity contribution in [2.75, 3.05) is 59.4 Å². The van der Waals surface area contributed by atoms with E-state index in [9.17, 15) is 9.18 Å². The van der Waals surface area contributed by atoms with Crippen molar-refractivity contribution in [3.05, 3.63) is 102 Å². The number of ether oxygens (including phenoxy) is 3. The molecule has 0 saturated carbocycles. The average molecular weight is 682 g/mol. The Bertz CT molecular complexity index is 1890. The number of para-hydroxylation sites is 2. The maximum atomic E-state index is 14.1. The summed E-state index contributed by atoms with van der Waals surface area (Å²) in [6.45, 7) is 4.61. The Morgan fingerprint density at radius 3 is 2.40 bits per heavy atom. The van der Waals surface area contributed by atoms with E-state index in [1.165, 1.54) is 12.1 Å². The van der Waals surface area contributed by atoms with E-state index in [1.54, 1.807) is 46.0 Å². The van der Waals surface area contributed by atoms with Crippen LogP contribution in [0, 0.1) is 5.82 Å². The van der Waals surface area contributed by atoms with Gasteiger partial charge in [0.1, 0.15) is 5.82 Å². The minimum absolute atomic E-state index is 0.0982. The number of aromatic nitrogens is 2. The summed E-state index contributed by atoms with van der Waals surface area (Å²) in [7, 11) is 4.62. The maximum Gasteiger partial charge on any atom is 0.254 e. The molecule has 7 rings (SSSR count). The number of benzene rings is 3. The van der Waals surface area contributed by atoms with Crippen LogP contribution in [0.3, 0.4) is 0 Å². The Morgan fingerprint density at radius 2 is 1.72 bits per heavy atom. The number of methoxy groups -OCH3 is 3. The van der Waals surface area contributed by atoms with Crippen molar-refractivity contribution in [3.8, 4) is 17.2 Å². The van der Waals surface area contributed by atoms with E-state index in [-0.39, 0.29) is 17.1 Å². The van der Waals surface area contributed by atoms with E-state index in [2.05, 4.69) is 20.9 Å². The molecule has 2 aliphatic rings. The van der Waals surface area contributed by atoms with Crippen LogP contribution in [0.2, 0.25) is 0 Å². The third-order valence-corrected chi connectivity index (χ3v) is 10.4. The molecular formula is C39H44FN5O5. The highest BCUT2D eigenvalue weighted by Crippen LogP contribution is 2.42. The van der Waals surface area contributed by atoms with Crippen LogP contribution in [0.1, 0.15) is 47.2 Å². The van der Waals surface area contributed by atoms with Crippen molar-refractivity contribution in [2.45, 2.75) is 43.7 Å². The molecule has 2 aromatic heterocycles. The molecule has 3 aromatic carbocycles. The maximum absolute atomic E-state index is 14.1. The number of carbonyl (C=O) groups excluding carboxylic acids is 1. The van der Waals surface area contributed by atoms with Gasteiger partial charge in [-0.25, -0.2) is 9.37 Å². The number of halogens is 1. The quantitative estimate of drug-likeness (QED) is 0.158. The largest absolute Gasteiger partial charge is 0.493 e. The monoisotopic (exact) mass is 681 g/mol. The molecule has 1 unspecified atom stereocenters. The van der Waals surface area contributed by atoms with E-state index < -0.39 is 0 Å². The summed E-state index contributed by atoms with van der Waals surface area (Å²) in [6, 6.07) is 20.7. The van der Waals surface area contributed by atoms with Gasteiger partial charge in [0, 0.05) is 48.8 Å². The fraction of sp³-hybridized carbons (Fsp3) is 0.385. The van der Waals surface area contributed by atoms with Gasteiger partial charge in [-0.15, -0.1) is 0 Å². The predicted molar refractivity (Wildman–Crippen MR) is 190 cm³/mol. The van der Waals surface area contributed by atoms with E-state index >= 15 is 0 Å². The van der Waals surface area contributed by atoms with E-state index in [0.717, 1.165) is 73.4 Å². The summed E-state index contributed by atoms with van der Waals surface area (Å²) in [5.74, 6) is 1.84. The zero-order valence-electron chi connectivity index (χ0n) is 28.9. The van der Waals surface area contributed by atoms with Gasteiger partial charge in [-0.05, 0) is 80.3 Å². The van der Waals surface area contributed by atoms with Crippen LogP contribution in [0.4, 0.5) is 10.3 Å². The van der Waals surface area contributed by atoms with Crippen molar-refractivity contribution in [1.29, 1.82) is 0 Å². The Kier molecular flexibility index (Phi) is 9.67. The molecule has 1 atom stereocenters. The summed E-state index contributed by atoms with van der Waals surface area (Å²) in [5.41, 5.74) is 4.40.